The normalized spacial score (nSPS) is 10.7. The Morgan fingerprint density at radius 3 is 2.52 bits per heavy atom. The van der Waals surface area contributed by atoms with Gasteiger partial charge in [0.1, 0.15) is 0 Å². The zero-order valence-electron chi connectivity index (χ0n) is 13.2. The summed E-state index contributed by atoms with van der Waals surface area (Å²) in [4.78, 5) is 0. The fourth-order valence-corrected chi connectivity index (χ4v) is 2.49. The molecule has 4 nitrogen and oxygen atoms in total. The first-order valence-electron chi connectivity index (χ1n) is 7.41. The van der Waals surface area contributed by atoms with Crippen molar-refractivity contribution in [1.82, 2.24) is 5.32 Å². The zero-order valence-corrected chi connectivity index (χ0v) is 14.8. The number of hydrogen-bond donors (Lipinski definition) is 1. The molecule has 0 radical (unpaired) electrons. The summed E-state index contributed by atoms with van der Waals surface area (Å²) in [5.41, 5.74) is 1.08. The van der Waals surface area contributed by atoms with Crippen molar-refractivity contribution in [2.24, 2.45) is 0 Å². The highest BCUT2D eigenvalue weighted by molar-refractivity contribution is 9.10. The van der Waals surface area contributed by atoms with E-state index in [2.05, 4.69) is 28.2 Å². The average Bonchev–Trinajstić information content (AvgIpc) is 2.49. The average molecular weight is 360 g/mol. The lowest BCUT2D eigenvalue weighted by atomic mass is 10.2. The highest BCUT2D eigenvalue weighted by Gasteiger charge is 2.11. The quantitative estimate of drug-likeness (QED) is 0.610. The van der Waals surface area contributed by atoms with E-state index in [1.54, 1.807) is 14.2 Å². The first kappa shape index (κ1) is 18.3. The third kappa shape index (κ3) is 6.68. The van der Waals surface area contributed by atoms with Crippen molar-refractivity contribution < 1.29 is 14.2 Å². The Morgan fingerprint density at radius 2 is 1.86 bits per heavy atom. The van der Waals surface area contributed by atoms with Crippen LogP contribution in [0.5, 0.6) is 11.5 Å². The Balaban J connectivity index is 2.36. The molecule has 0 atom stereocenters. The number of nitrogens with one attached hydrogen (secondary N) is 1. The molecule has 0 aliphatic rings. The topological polar surface area (TPSA) is 39.7 Å². The van der Waals surface area contributed by atoms with E-state index in [0.717, 1.165) is 60.7 Å². The maximum Gasteiger partial charge on any atom is 0.165 e. The van der Waals surface area contributed by atoms with Gasteiger partial charge < -0.3 is 19.5 Å². The number of hydrogen-bond acceptors (Lipinski definition) is 4. The van der Waals surface area contributed by atoms with Crippen LogP contribution in [-0.2, 0) is 11.3 Å². The summed E-state index contributed by atoms with van der Waals surface area (Å²) in [5, 5.41) is 3.41. The van der Waals surface area contributed by atoms with Crippen LogP contribution in [0.3, 0.4) is 0 Å². The third-order valence-corrected chi connectivity index (χ3v) is 3.58. The molecule has 1 aromatic carbocycles. The maximum atomic E-state index is 5.53. The molecule has 21 heavy (non-hydrogen) atoms. The van der Waals surface area contributed by atoms with Crippen molar-refractivity contribution in [3.63, 3.8) is 0 Å². The molecule has 0 amide bonds. The predicted molar refractivity (Wildman–Crippen MR) is 89.3 cm³/mol. The Labute approximate surface area is 136 Å². The summed E-state index contributed by atoms with van der Waals surface area (Å²) < 4.78 is 17.3. The van der Waals surface area contributed by atoms with E-state index in [1.807, 2.05) is 12.1 Å². The lowest BCUT2D eigenvalue weighted by Crippen LogP contribution is -2.17. The van der Waals surface area contributed by atoms with Crippen LogP contribution in [0, 0.1) is 0 Å². The fourth-order valence-electron chi connectivity index (χ4n) is 2.01. The van der Waals surface area contributed by atoms with E-state index in [1.165, 1.54) is 6.42 Å². The second-order valence-electron chi connectivity index (χ2n) is 4.80. The van der Waals surface area contributed by atoms with Gasteiger partial charge in [0.2, 0.25) is 0 Å². The Hall–Kier alpha value is -0.780. The molecule has 1 rings (SSSR count). The number of halogens is 1. The van der Waals surface area contributed by atoms with Crippen molar-refractivity contribution in [2.45, 2.75) is 32.7 Å². The molecule has 5 heteroatoms. The van der Waals surface area contributed by atoms with Crippen molar-refractivity contribution in [1.29, 1.82) is 0 Å². The minimum absolute atomic E-state index is 0.742. The van der Waals surface area contributed by atoms with Crippen molar-refractivity contribution in [2.75, 3.05) is 34.0 Å². The van der Waals surface area contributed by atoms with Gasteiger partial charge in [0.25, 0.3) is 0 Å². The van der Waals surface area contributed by atoms with Gasteiger partial charge in [-0.2, -0.15) is 0 Å². The summed E-state index contributed by atoms with van der Waals surface area (Å²) in [7, 11) is 3.31. The monoisotopic (exact) mass is 359 g/mol. The predicted octanol–water partition coefficient (Wildman–Crippen LogP) is 3.76. The lowest BCUT2D eigenvalue weighted by molar-refractivity contribution is 0.128. The van der Waals surface area contributed by atoms with Crippen molar-refractivity contribution in [3.8, 4) is 11.5 Å². The number of rotatable bonds is 11. The van der Waals surface area contributed by atoms with Gasteiger partial charge in [-0.05, 0) is 31.5 Å². The number of ether oxygens (including phenoxy) is 3. The smallest absolute Gasteiger partial charge is 0.165 e. The fraction of sp³-hybridized carbons (Fsp3) is 0.625. The minimum Gasteiger partial charge on any atom is -0.493 e. The van der Waals surface area contributed by atoms with Gasteiger partial charge in [-0.15, -0.1) is 0 Å². The SMILES string of the molecule is CCCCOCCCNCc1cc(Br)cc(OC)c1OC. The lowest BCUT2D eigenvalue weighted by Gasteiger charge is -2.14. The van der Waals surface area contributed by atoms with Crippen LogP contribution in [-0.4, -0.2) is 34.0 Å². The molecule has 0 unspecified atom stereocenters. The summed E-state index contributed by atoms with van der Waals surface area (Å²) >= 11 is 3.49. The first-order chi connectivity index (χ1) is 10.2. The molecule has 0 bridgehead atoms. The number of unbranched alkanes of at least 4 members (excludes halogenated alkanes) is 1. The van der Waals surface area contributed by atoms with Crippen LogP contribution in [0.4, 0.5) is 0 Å². The molecule has 0 spiro atoms. The zero-order chi connectivity index (χ0) is 15.5. The minimum atomic E-state index is 0.742. The Morgan fingerprint density at radius 1 is 1.10 bits per heavy atom. The van der Waals surface area contributed by atoms with Crippen LogP contribution in [0.25, 0.3) is 0 Å². The molecule has 0 aromatic heterocycles. The van der Waals surface area contributed by atoms with Gasteiger partial charge in [0.15, 0.2) is 11.5 Å². The van der Waals surface area contributed by atoms with Crippen LogP contribution in [0.15, 0.2) is 16.6 Å². The van der Waals surface area contributed by atoms with E-state index in [9.17, 15) is 0 Å². The molecule has 0 heterocycles. The van der Waals surface area contributed by atoms with Crippen LogP contribution in [0.2, 0.25) is 0 Å². The maximum absolute atomic E-state index is 5.53. The van der Waals surface area contributed by atoms with Gasteiger partial charge in [0.05, 0.1) is 14.2 Å². The summed E-state index contributed by atoms with van der Waals surface area (Å²) in [6.07, 6.45) is 3.34. The van der Waals surface area contributed by atoms with Gasteiger partial charge in [-0.3, -0.25) is 0 Å². The second-order valence-corrected chi connectivity index (χ2v) is 5.71. The molecular weight excluding hydrogens is 334 g/mol. The summed E-state index contributed by atoms with van der Waals surface area (Å²) in [6, 6.07) is 3.95. The molecule has 1 aromatic rings. The number of benzene rings is 1. The van der Waals surface area contributed by atoms with Crippen molar-refractivity contribution in [3.05, 3.63) is 22.2 Å². The van der Waals surface area contributed by atoms with E-state index < -0.39 is 0 Å². The molecule has 120 valence electrons. The third-order valence-electron chi connectivity index (χ3n) is 3.12. The molecule has 0 saturated heterocycles. The standard InChI is InChI=1S/C16H26BrNO3/c1-4-5-8-21-9-6-7-18-12-13-10-14(17)11-15(19-2)16(13)20-3/h10-11,18H,4-9,12H2,1-3H3. The van der Waals surface area contributed by atoms with E-state index in [0.29, 0.717) is 0 Å². The van der Waals surface area contributed by atoms with Crippen LogP contribution >= 0.6 is 15.9 Å². The first-order valence-corrected chi connectivity index (χ1v) is 8.21. The molecule has 0 aliphatic heterocycles. The Bertz CT molecular complexity index is 413. The summed E-state index contributed by atoms with van der Waals surface area (Å²) in [5.74, 6) is 1.53. The molecule has 0 saturated carbocycles. The van der Waals surface area contributed by atoms with E-state index in [-0.39, 0.29) is 0 Å². The van der Waals surface area contributed by atoms with Gasteiger partial charge in [-0.25, -0.2) is 0 Å². The molecular formula is C16H26BrNO3. The van der Waals surface area contributed by atoms with Crippen LogP contribution in [0.1, 0.15) is 31.7 Å². The van der Waals surface area contributed by atoms with Gasteiger partial charge in [-0.1, -0.05) is 29.3 Å². The van der Waals surface area contributed by atoms with Gasteiger partial charge >= 0.3 is 0 Å². The molecule has 1 N–H and O–H groups in total. The molecule has 0 fully saturated rings. The van der Waals surface area contributed by atoms with Crippen molar-refractivity contribution >= 4 is 15.9 Å². The van der Waals surface area contributed by atoms with Crippen LogP contribution < -0.4 is 14.8 Å². The van der Waals surface area contributed by atoms with Gasteiger partial charge in [0, 0.05) is 29.8 Å². The highest BCUT2D eigenvalue weighted by Crippen LogP contribution is 2.34. The summed E-state index contributed by atoms with van der Waals surface area (Å²) in [6.45, 7) is 5.52. The number of methoxy groups -OCH3 is 2. The molecule has 0 aliphatic carbocycles. The second kappa shape index (κ2) is 10.9. The van der Waals surface area contributed by atoms with E-state index >= 15 is 0 Å². The van der Waals surface area contributed by atoms with E-state index in [4.69, 9.17) is 14.2 Å². The Kier molecular flexibility index (Phi) is 9.46. The highest BCUT2D eigenvalue weighted by atomic mass is 79.9. The largest absolute Gasteiger partial charge is 0.493 e.